The fraction of sp³-hybridized carbons (Fsp3) is 0.571. The Morgan fingerprint density at radius 3 is 2.59 bits per heavy atom. The highest BCUT2D eigenvalue weighted by Gasteiger charge is 2.09. The minimum atomic E-state index is 0.744. The number of ether oxygens (including phenoxy) is 1. The van der Waals surface area contributed by atoms with Gasteiger partial charge in [-0.15, -0.1) is 0 Å². The first-order chi connectivity index (χ1) is 8.08. The van der Waals surface area contributed by atoms with Crippen LogP contribution in [0.2, 0.25) is 0 Å². The molecule has 0 aliphatic rings. The number of hydrogen-bond donors (Lipinski definition) is 1. The first kappa shape index (κ1) is 14.0. The van der Waals surface area contributed by atoms with E-state index >= 15 is 0 Å². The summed E-state index contributed by atoms with van der Waals surface area (Å²) in [5, 5.41) is 0. The van der Waals surface area contributed by atoms with E-state index in [0.717, 1.165) is 31.8 Å². The van der Waals surface area contributed by atoms with Gasteiger partial charge in [-0.3, -0.25) is 0 Å². The Balaban J connectivity index is 2.82. The van der Waals surface area contributed by atoms with Crippen LogP contribution in [0.25, 0.3) is 0 Å². The molecule has 0 saturated heterocycles. The molecule has 0 aliphatic carbocycles. The Bertz CT molecular complexity index is 363. The number of hydrogen-bond acceptors (Lipinski definition) is 3. The number of nitrogens with zero attached hydrogens (tertiary/aromatic N) is 1. The summed E-state index contributed by atoms with van der Waals surface area (Å²) < 4.78 is 5.46. The molecule has 1 aromatic rings. The maximum Gasteiger partial charge on any atom is 0.123 e. The molecular formula is C14H24N2O. The number of rotatable bonds is 6. The predicted molar refractivity (Wildman–Crippen MR) is 72.5 cm³/mol. The third kappa shape index (κ3) is 4.02. The number of benzene rings is 1. The van der Waals surface area contributed by atoms with Crippen LogP contribution in [0.3, 0.4) is 0 Å². The highest BCUT2D eigenvalue weighted by atomic mass is 16.5. The zero-order valence-corrected chi connectivity index (χ0v) is 11.4. The summed E-state index contributed by atoms with van der Waals surface area (Å²) in [6, 6.07) is 4.30. The van der Waals surface area contributed by atoms with Crippen LogP contribution < -0.4 is 10.5 Å². The summed E-state index contributed by atoms with van der Waals surface area (Å²) in [5.74, 6) is 0.988. The van der Waals surface area contributed by atoms with Gasteiger partial charge in [-0.05, 0) is 57.6 Å². The Kier molecular flexibility index (Phi) is 5.45. The second-order valence-electron chi connectivity index (χ2n) is 4.64. The summed E-state index contributed by atoms with van der Waals surface area (Å²) in [4.78, 5) is 2.28. The van der Waals surface area contributed by atoms with E-state index < -0.39 is 0 Å². The second-order valence-corrected chi connectivity index (χ2v) is 4.64. The zero-order valence-electron chi connectivity index (χ0n) is 11.4. The predicted octanol–water partition coefficient (Wildman–Crippen LogP) is 2.09. The van der Waals surface area contributed by atoms with Crippen molar-refractivity contribution in [1.82, 2.24) is 4.90 Å². The Morgan fingerprint density at radius 2 is 2.00 bits per heavy atom. The van der Waals surface area contributed by atoms with Gasteiger partial charge in [-0.25, -0.2) is 0 Å². The lowest BCUT2D eigenvalue weighted by atomic mass is 10.0. The monoisotopic (exact) mass is 236 g/mol. The van der Waals surface area contributed by atoms with Crippen molar-refractivity contribution in [3.05, 3.63) is 28.8 Å². The molecule has 0 unspecified atom stereocenters. The molecule has 0 spiro atoms. The maximum atomic E-state index is 5.52. The molecule has 0 fully saturated rings. The zero-order chi connectivity index (χ0) is 12.8. The smallest absolute Gasteiger partial charge is 0.123 e. The number of aryl methyl sites for hydroxylation is 2. The van der Waals surface area contributed by atoms with E-state index in [0.29, 0.717) is 0 Å². The molecule has 1 aromatic carbocycles. The summed E-state index contributed by atoms with van der Waals surface area (Å²) in [7, 11) is 3.85. The van der Waals surface area contributed by atoms with E-state index in [1.54, 1.807) is 7.11 Å². The van der Waals surface area contributed by atoms with Crippen LogP contribution in [0.4, 0.5) is 0 Å². The fourth-order valence-electron chi connectivity index (χ4n) is 2.05. The molecule has 0 aliphatic heterocycles. The lowest BCUT2D eigenvalue weighted by Gasteiger charge is -2.20. The quantitative estimate of drug-likeness (QED) is 0.822. The van der Waals surface area contributed by atoms with Crippen molar-refractivity contribution < 1.29 is 4.74 Å². The van der Waals surface area contributed by atoms with Crippen molar-refractivity contribution in [2.45, 2.75) is 26.8 Å². The average molecular weight is 236 g/mol. The molecule has 3 heteroatoms. The largest absolute Gasteiger partial charge is 0.496 e. The minimum absolute atomic E-state index is 0.744. The van der Waals surface area contributed by atoms with Gasteiger partial charge in [-0.1, -0.05) is 6.07 Å². The highest BCUT2D eigenvalue weighted by Crippen LogP contribution is 2.25. The molecule has 0 radical (unpaired) electrons. The van der Waals surface area contributed by atoms with Gasteiger partial charge in [0.05, 0.1) is 7.11 Å². The third-order valence-corrected chi connectivity index (χ3v) is 2.97. The van der Waals surface area contributed by atoms with Crippen LogP contribution in [0.1, 0.15) is 23.1 Å². The lowest BCUT2D eigenvalue weighted by Crippen LogP contribution is -2.22. The average Bonchev–Trinajstić information content (AvgIpc) is 2.29. The van der Waals surface area contributed by atoms with Gasteiger partial charge < -0.3 is 15.4 Å². The van der Waals surface area contributed by atoms with Gasteiger partial charge in [0.25, 0.3) is 0 Å². The van der Waals surface area contributed by atoms with Crippen LogP contribution in [-0.2, 0) is 6.54 Å². The SMILES string of the molecule is COc1cc(C)cc(C)c1CN(C)CCCN. The molecule has 0 bridgehead atoms. The van der Waals surface area contributed by atoms with Crippen molar-refractivity contribution in [2.24, 2.45) is 5.73 Å². The van der Waals surface area contributed by atoms with Crippen LogP contribution in [0.15, 0.2) is 12.1 Å². The van der Waals surface area contributed by atoms with E-state index in [-0.39, 0.29) is 0 Å². The minimum Gasteiger partial charge on any atom is -0.496 e. The van der Waals surface area contributed by atoms with E-state index in [9.17, 15) is 0 Å². The third-order valence-electron chi connectivity index (χ3n) is 2.97. The highest BCUT2D eigenvalue weighted by molar-refractivity contribution is 5.42. The molecule has 0 atom stereocenters. The molecular weight excluding hydrogens is 212 g/mol. The Hall–Kier alpha value is -1.06. The lowest BCUT2D eigenvalue weighted by molar-refractivity contribution is 0.314. The van der Waals surface area contributed by atoms with Crippen LogP contribution in [-0.4, -0.2) is 32.1 Å². The Morgan fingerprint density at radius 1 is 1.29 bits per heavy atom. The van der Waals surface area contributed by atoms with Gasteiger partial charge in [0, 0.05) is 12.1 Å². The van der Waals surface area contributed by atoms with Crippen LogP contribution in [0.5, 0.6) is 5.75 Å². The van der Waals surface area contributed by atoms with E-state index in [1.165, 1.54) is 16.7 Å². The van der Waals surface area contributed by atoms with Gasteiger partial charge in [0.15, 0.2) is 0 Å². The summed E-state index contributed by atoms with van der Waals surface area (Å²) in [6.45, 7) is 6.91. The Labute approximate surface area is 105 Å². The first-order valence-corrected chi connectivity index (χ1v) is 6.11. The van der Waals surface area contributed by atoms with Crippen molar-refractivity contribution in [3.63, 3.8) is 0 Å². The van der Waals surface area contributed by atoms with E-state index in [1.807, 2.05) is 0 Å². The normalized spacial score (nSPS) is 10.9. The first-order valence-electron chi connectivity index (χ1n) is 6.11. The van der Waals surface area contributed by atoms with Gasteiger partial charge in [0.2, 0.25) is 0 Å². The van der Waals surface area contributed by atoms with E-state index in [2.05, 4.69) is 37.9 Å². The molecule has 0 aromatic heterocycles. The molecule has 2 N–H and O–H groups in total. The molecule has 0 amide bonds. The van der Waals surface area contributed by atoms with Crippen molar-refractivity contribution in [3.8, 4) is 5.75 Å². The standard InChI is InChI=1S/C14H24N2O/c1-11-8-12(2)13(14(9-11)17-4)10-16(3)7-5-6-15/h8-9H,5-7,10,15H2,1-4H3. The molecule has 96 valence electrons. The van der Waals surface area contributed by atoms with Crippen molar-refractivity contribution in [2.75, 3.05) is 27.2 Å². The summed E-state index contributed by atoms with van der Waals surface area (Å²) in [6.07, 6.45) is 1.03. The molecule has 1 rings (SSSR count). The summed E-state index contributed by atoms with van der Waals surface area (Å²) in [5.41, 5.74) is 9.34. The summed E-state index contributed by atoms with van der Waals surface area (Å²) >= 11 is 0. The van der Waals surface area contributed by atoms with Gasteiger partial charge in [-0.2, -0.15) is 0 Å². The maximum absolute atomic E-state index is 5.52. The number of methoxy groups -OCH3 is 1. The molecule has 0 saturated carbocycles. The molecule has 17 heavy (non-hydrogen) atoms. The van der Waals surface area contributed by atoms with Crippen LogP contribution >= 0.6 is 0 Å². The fourth-order valence-corrected chi connectivity index (χ4v) is 2.05. The number of nitrogens with two attached hydrogens (primary N) is 1. The van der Waals surface area contributed by atoms with Crippen molar-refractivity contribution in [1.29, 1.82) is 0 Å². The second kappa shape index (κ2) is 6.62. The molecule has 3 nitrogen and oxygen atoms in total. The van der Waals surface area contributed by atoms with Crippen LogP contribution in [0, 0.1) is 13.8 Å². The van der Waals surface area contributed by atoms with Crippen molar-refractivity contribution >= 4 is 0 Å². The topological polar surface area (TPSA) is 38.5 Å². The van der Waals surface area contributed by atoms with E-state index in [4.69, 9.17) is 10.5 Å². The van der Waals surface area contributed by atoms with Gasteiger partial charge >= 0.3 is 0 Å². The molecule has 0 heterocycles. The van der Waals surface area contributed by atoms with Gasteiger partial charge in [0.1, 0.15) is 5.75 Å².